The highest BCUT2D eigenvalue weighted by Gasteiger charge is 2.01. The fourth-order valence-electron chi connectivity index (χ4n) is 1.96. The first-order valence-corrected chi connectivity index (χ1v) is 6.80. The number of hydrogen-bond donors (Lipinski definition) is 2. The summed E-state index contributed by atoms with van der Waals surface area (Å²) in [6, 6.07) is 15.6. The van der Waals surface area contributed by atoms with Crippen LogP contribution in [-0.2, 0) is 12.8 Å². The largest absolute Gasteiger partial charge is 0.398 e. The predicted molar refractivity (Wildman–Crippen MR) is 83.8 cm³/mol. The number of nitrogens with zero attached hydrogens (tertiary/aromatic N) is 1. The Morgan fingerprint density at radius 2 is 1.90 bits per heavy atom. The number of nitrogens with one attached hydrogen (secondary N) is 1. The number of nitriles is 1. The zero-order valence-electron chi connectivity index (χ0n) is 11.1. The Labute approximate surface area is 124 Å². The maximum absolute atomic E-state index is 8.75. The lowest BCUT2D eigenvalue weighted by atomic mass is 10.1. The molecule has 20 heavy (non-hydrogen) atoms. The molecule has 0 bridgehead atoms. The first kappa shape index (κ1) is 14.2. The van der Waals surface area contributed by atoms with Crippen molar-refractivity contribution in [1.29, 1.82) is 5.26 Å². The lowest BCUT2D eigenvalue weighted by molar-refractivity contribution is 1.02. The van der Waals surface area contributed by atoms with Crippen LogP contribution in [0.15, 0.2) is 42.5 Å². The molecular weight excluding hydrogens is 270 g/mol. The Hall–Kier alpha value is -2.18. The molecule has 4 heteroatoms. The van der Waals surface area contributed by atoms with Gasteiger partial charge in [0, 0.05) is 22.9 Å². The molecule has 0 aliphatic rings. The van der Waals surface area contributed by atoms with Crippen LogP contribution in [0.3, 0.4) is 0 Å². The second kappa shape index (κ2) is 6.83. The van der Waals surface area contributed by atoms with E-state index in [1.165, 1.54) is 5.56 Å². The van der Waals surface area contributed by atoms with Gasteiger partial charge in [-0.15, -0.1) is 0 Å². The third-order valence-corrected chi connectivity index (χ3v) is 3.32. The van der Waals surface area contributed by atoms with Crippen LogP contribution < -0.4 is 11.1 Å². The van der Waals surface area contributed by atoms with Gasteiger partial charge in [0.1, 0.15) is 0 Å². The summed E-state index contributed by atoms with van der Waals surface area (Å²) in [7, 11) is 0. The third-order valence-electron chi connectivity index (χ3n) is 3.07. The minimum absolute atomic E-state index is 0.332. The maximum Gasteiger partial charge on any atom is 0.0670 e. The van der Waals surface area contributed by atoms with Gasteiger partial charge < -0.3 is 11.1 Å². The Morgan fingerprint density at radius 1 is 1.15 bits per heavy atom. The van der Waals surface area contributed by atoms with E-state index in [0.29, 0.717) is 12.1 Å². The number of anilines is 2. The van der Waals surface area contributed by atoms with Gasteiger partial charge in [0.25, 0.3) is 0 Å². The van der Waals surface area contributed by atoms with Crippen LogP contribution in [0, 0.1) is 11.3 Å². The van der Waals surface area contributed by atoms with Crippen LogP contribution >= 0.6 is 11.6 Å². The maximum atomic E-state index is 8.75. The van der Waals surface area contributed by atoms with Crippen LogP contribution in [0.2, 0.25) is 5.02 Å². The second-order valence-corrected chi connectivity index (χ2v) is 4.99. The van der Waals surface area contributed by atoms with Gasteiger partial charge in [-0.1, -0.05) is 23.7 Å². The Morgan fingerprint density at radius 3 is 2.60 bits per heavy atom. The second-order valence-electron chi connectivity index (χ2n) is 4.55. The minimum Gasteiger partial charge on any atom is -0.398 e. The summed E-state index contributed by atoms with van der Waals surface area (Å²) in [5, 5.41) is 12.8. The van der Waals surface area contributed by atoms with Gasteiger partial charge in [0.05, 0.1) is 12.5 Å². The van der Waals surface area contributed by atoms with E-state index in [9.17, 15) is 0 Å². The smallest absolute Gasteiger partial charge is 0.0670 e. The molecule has 0 fully saturated rings. The summed E-state index contributed by atoms with van der Waals surface area (Å²) in [6.07, 6.45) is 1.24. The molecule has 3 N–H and O–H groups in total. The van der Waals surface area contributed by atoms with Crippen LogP contribution in [0.5, 0.6) is 0 Å². The standard InChI is InChI=1S/C16H16ClN3/c17-14-3-1-12(2-4-14)8-10-20-15-5-6-16(19)13(11-15)7-9-18/h1-6,11,20H,7-8,10,19H2. The van der Waals surface area contributed by atoms with E-state index >= 15 is 0 Å². The molecule has 2 aromatic rings. The average Bonchev–Trinajstić information content (AvgIpc) is 2.45. The van der Waals surface area contributed by atoms with Crippen LogP contribution in [0.4, 0.5) is 11.4 Å². The molecule has 0 amide bonds. The minimum atomic E-state index is 0.332. The highest BCUT2D eigenvalue weighted by molar-refractivity contribution is 6.30. The number of nitrogens with two attached hydrogens (primary N) is 1. The number of halogens is 1. The van der Waals surface area contributed by atoms with E-state index in [1.54, 1.807) is 0 Å². The first-order chi connectivity index (χ1) is 9.69. The van der Waals surface area contributed by atoms with Crippen molar-refractivity contribution in [2.24, 2.45) is 0 Å². The molecule has 0 unspecified atom stereocenters. The van der Waals surface area contributed by atoms with Crippen molar-refractivity contribution >= 4 is 23.0 Å². The lowest BCUT2D eigenvalue weighted by Gasteiger charge is -2.09. The molecule has 102 valence electrons. The highest BCUT2D eigenvalue weighted by Crippen LogP contribution is 2.18. The van der Waals surface area contributed by atoms with E-state index in [4.69, 9.17) is 22.6 Å². The van der Waals surface area contributed by atoms with Gasteiger partial charge in [-0.05, 0) is 47.9 Å². The van der Waals surface area contributed by atoms with Crippen molar-refractivity contribution in [2.45, 2.75) is 12.8 Å². The molecule has 0 spiro atoms. The summed E-state index contributed by atoms with van der Waals surface area (Å²) >= 11 is 5.85. The van der Waals surface area contributed by atoms with E-state index < -0.39 is 0 Å². The Bertz CT molecular complexity index is 615. The fourth-order valence-corrected chi connectivity index (χ4v) is 2.08. The molecule has 0 saturated heterocycles. The topological polar surface area (TPSA) is 61.8 Å². The van der Waals surface area contributed by atoms with Crippen LogP contribution in [0.1, 0.15) is 11.1 Å². The van der Waals surface area contributed by atoms with Crippen molar-refractivity contribution in [3.8, 4) is 6.07 Å². The predicted octanol–water partition coefficient (Wildman–Crippen LogP) is 3.64. The number of hydrogen-bond acceptors (Lipinski definition) is 3. The molecule has 0 aliphatic carbocycles. The van der Waals surface area contributed by atoms with Crippen molar-refractivity contribution in [3.05, 3.63) is 58.6 Å². The monoisotopic (exact) mass is 285 g/mol. The summed E-state index contributed by atoms with van der Waals surface area (Å²) in [6.45, 7) is 0.817. The van der Waals surface area contributed by atoms with E-state index in [-0.39, 0.29) is 0 Å². The first-order valence-electron chi connectivity index (χ1n) is 6.42. The van der Waals surface area contributed by atoms with E-state index in [0.717, 1.165) is 29.2 Å². The average molecular weight is 286 g/mol. The normalized spacial score (nSPS) is 10.0. The van der Waals surface area contributed by atoms with Gasteiger partial charge in [0.2, 0.25) is 0 Å². The van der Waals surface area contributed by atoms with Crippen LogP contribution in [0.25, 0.3) is 0 Å². The van der Waals surface area contributed by atoms with E-state index in [2.05, 4.69) is 11.4 Å². The van der Waals surface area contributed by atoms with E-state index in [1.807, 2.05) is 42.5 Å². The van der Waals surface area contributed by atoms with Gasteiger partial charge in [-0.25, -0.2) is 0 Å². The molecule has 3 nitrogen and oxygen atoms in total. The molecule has 0 atom stereocenters. The van der Waals surface area contributed by atoms with Gasteiger partial charge >= 0.3 is 0 Å². The summed E-state index contributed by atoms with van der Waals surface area (Å²) in [4.78, 5) is 0. The summed E-state index contributed by atoms with van der Waals surface area (Å²) in [5.74, 6) is 0. The van der Waals surface area contributed by atoms with Crippen molar-refractivity contribution in [2.75, 3.05) is 17.6 Å². The van der Waals surface area contributed by atoms with Crippen molar-refractivity contribution < 1.29 is 0 Å². The highest BCUT2D eigenvalue weighted by atomic mass is 35.5. The molecule has 0 saturated carbocycles. The molecule has 2 aromatic carbocycles. The molecule has 2 rings (SSSR count). The summed E-state index contributed by atoms with van der Waals surface area (Å²) < 4.78 is 0. The summed E-state index contributed by atoms with van der Waals surface area (Å²) in [5.41, 5.74) is 9.56. The quantitative estimate of drug-likeness (QED) is 0.825. The Balaban J connectivity index is 1.92. The zero-order chi connectivity index (χ0) is 14.4. The zero-order valence-corrected chi connectivity index (χ0v) is 11.8. The molecular formula is C16H16ClN3. The number of nitrogen functional groups attached to an aromatic ring is 1. The SMILES string of the molecule is N#CCc1cc(NCCc2ccc(Cl)cc2)ccc1N. The molecule has 0 aliphatic heterocycles. The van der Waals surface area contributed by atoms with Crippen molar-refractivity contribution in [3.63, 3.8) is 0 Å². The molecule has 0 radical (unpaired) electrons. The number of benzene rings is 2. The molecule has 0 heterocycles. The molecule has 0 aromatic heterocycles. The lowest BCUT2D eigenvalue weighted by Crippen LogP contribution is -2.05. The Kier molecular flexibility index (Phi) is 4.86. The van der Waals surface area contributed by atoms with Crippen LogP contribution in [-0.4, -0.2) is 6.54 Å². The van der Waals surface area contributed by atoms with Crippen molar-refractivity contribution in [1.82, 2.24) is 0 Å². The van der Waals surface area contributed by atoms with Gasteiger partial charge in [-0.2, -0.15) is 5.26 Å². The third kappa shape index (κ3) is 3.91. The van der Waals surface area contributed by atoms with Gasteiger partial charge in [-0.3, -0.25) is 0 Å². The fraction of sp³-hybridized carbons (Fsp3) is 0.188. The van der Waals surface area contributed by atoms with Gasteiger partial charge in [0.15, 0.2) is 0 Å². The number of rotatable bonds is 5.